The van der Waals surface area contributed by atoms with Crippen LogP contribution in [0.15, 0.2) is 70.8 Å². The Balaban J connectivity index is 1.72. The van der Waals surface area contributed by atoms with Crippen LogP contribution >= 0.6 is 0 Å². The van der Waals surface area contributed by atoms with E-state index in [0.717, 1.165) is 5.56 Å². The molecular formula is C24H26F3N5O4. The molecule has 1 heterocycles. The monoisotopic (exact) mass is 505 g/mol. The Morgan fingerprint density at radius 2 is 1.81 bits per heavy atom. The predicted octanol–water partition coefficient (Wildman–Crippen LogP) is 6.14. The van der Waals surface area contributed by atoms with Gasteiger partial charge in [0.15, 0.2) is 0 Å². The molecule has 36 heavy (non-hydrogen) atoms. The second kappa shape index (κ2) is 12.3. The lowest BCUT2D eigenvalue weighted by Crippen LogP contribution is -2.51. The lowest BCUT2D eigenvalue weighted by atomic mass is 9.99. The number of likely N-dealkylation sites (N-methyl/N-ethyl adjacent to an activating group) is 1. The summed E-state index contributed by atoms with van der Waals surface area (Å²) in [6.45, 7) is 1.75. The number of carbonyl (C=O) groups is 1. The van der Waals surface area contributed by atoms with Crippen molar-refractivity contribution in [2.24, 2.45) is 10.1 Å². The highest BCUT2D eigenvalue weighted by molar-refractivity contribution is 5.84. The van der Waals surface area contributed by atoms with Gasteiger partial charge in [0.1, 0.15) is 6.61 Å². The molecule has 0 aromatic heterocycles. The SMILES string of the molecule is CC([C@@H]1CC[C@@H](N=[N+]=[N-])C(O/C(=N/c2ccccc2)C(F)(F)F)O1)N(C)C(=O)OCc1ccccc1. The van der Waals surface area contributed by atoms with Crippen molar-refractivity contribution in [3.05, 3.63) is 76.7 Å². The molecule has 1 aliphatic heterocycles. The van der Waals surface area contributed by atoms with Gasteiger partial charge in [-0.1, -0.05) is 53.6 Å². The van der Waals surface area contributed by atoms with E-state index < -0.39 is 42.6 Å². The van der Waals surface area contributed by atoms with Crippen molar-refractivity contribution in [2.75, 3.05) is 7.05 Å². The van der Waals surface area contributed by atoms with Gasteiger partial charge in [-0.25, -0.2) is 9.79 Å². The predicted molar refractivity (Wildman–Crippen MR) is 125 cm³/mol. The van der Waals surface area contributed by atoms with E-state index >= 15 is 0 Å². The molecule has 9 nitrogen and oxygen atoms in total. The molecule has 0 radical (unpaired) electrons. The Morgan fingerprint density at radius 3 is 2.42 bits per heavy atom. The first-order chi connectivity index (χ1) is 17.2. The van der Waals surface area contributed by atoms with Crippen LogP contribution in [0.1, 0.15) is 25.3 Å². The minimum Gasteiger partial charge on any atom is -0.445 e. The molecule has 4 atom stereocenters. The normalized spacial score (nSPS) is 21.1. The molecule has 12 heteroatoms. The molecule has 1 aliphatic rings. The van der Waals surface area contributed by atoms with Crippen LogP contribution in [0, 0.1) is 0 Å². The highest BCUT2D eigenvalue weighted by Gasteiger charge is 2.44. The quantitative estimate of drug-likeness (QED) is 0.148. The number of amides is 1. The van der Waals surface area contributed by atoms with Gasteiger partial charge in [-0.15, -0.1) is 0 Å². The van der Waals surface area contributed by atoms with Gasteiger partial charge in [-0.2, -0.15) is 13.2 Å². The van der Waals surface area contributed by atoms with E-state index in [-0.39, 0.29) is 18.7 Å². The van der Waals surface area contributed by atoms with Crippen LogP contribution in [0.25, 0.3) is 10.4 Å². The molecule has 0 aliphatic carbocycles. The third kappa shape index (κ3) is 7.37. The Kier molecular flexibility index (Phi) is 9.15. The average Bonchev–Trinajstić information content (AvgIpc) is 2.87. The molecule has 0 N–H and O–H groups in total. The molecule has 0 bridgehead atoms. The zero-order valence-corrected chi connectivity index (χ0v) is 19.7. The number of rotatable bonds is 7. The zero-order valence-electron chi connectivity index (χ0n) is 19.7. The molecule has 1 fully saturated rings. The number of nitrogens with zero attached hydrogens (tertiary/aromatic N) is 5. The first-order valence-corrected chi connectivity index (χ1v) is 11.2. The Hall–Kier alpha value is -3.76. The third-order valence-electron chi connectivity index (χ3n) is 5.67. The van der Waals surface area contributed by atoms with Gasteiger partial charge in [0.05, 0.1) is 23.9 Å². The molecular weight excluding hydrogens is 479 g/mol. The molecule has 3 rings (SSSR count). The maximum absolute atomic E-state index is 13.7. The maximum atomic E-state index is 13.7. The van der Waals surface area contributed by atoms with E-state index in [2.05, 4.69) is 15.0 Å². The van der Waals surface area contributed by atoms with Gasteiger partial charge in [0.2, 0.25) is 6.29 Å². The molecule has 1 amide bonds. The topological polar surface area (TPSA) is 109 Å². The summed E-state index contributed by atoms with van der Waals surface area (Å²) in [7, 11) is 1.51. The van der Waals surface area contributed by atoms with Crippen LogP contribution in [0.5, 0.6) is 0 Å². The fraction of sp³-hybridized carbons (Fsp3) is 0.417. The lowest BCUT2D eigenvalue weighted by Gasteiger charge is -2.39. The van der Waals surface area contributed by atoms with Crippen molar-refractivity contribution >= 4 is 17.7 Å². The number of halogens is 3. The molecule has 2 aromatic carbocycles. The van der Waals surface area contributed by atoms with Gasteiger partial charge in [0, 0.05) is 12.0 Å². The summed E-state index contributed by atoms with van der Waals surface area (Å²) in [6, 6.07) is 15.0. The maximum Gasteiger partial charge on any atom is 0.468 e. The van der Waals surface area contributed by atoms with Gasteiger partial charge >= 0.3 is 12.3 Å². The summed E-state index contributed by atoms with van der Waals surface area (Å²) in [6.07, 6.45) is -7.30. The molecule has 2 aromatic rings. The number of carbonyl (C=O) groups excluding carboxylic acids is 1. The van der Waals surface area contributed by atoms with Crippen molar-refractivity contribution in [2.45, 2.75) is 57.0 Å². The fourth-order valence-corrected chi connectivity index (χ4v) is 3.56. The van der Waals surface area contributed by atoms with Crippen molar-refractivity contribution in [3.8, 4) is 0 Å². The number of aliphatic imine (C=N–C) groups is 1. The van der Waals surface area contributed by atoms with Crippen LogP contribution in [-0.4, -0.2) is 54.6 Å². The van der Waals surface area contributed by atoms with Crippen LogP contribution in [-0.2, 0) is 20.8 Å². The summed E-state index contributed by atoms with van der Waals surface area (Å²) in [4.78, 5) is 20.1. The second-order valence-electron chi connectivity index (χ2n) is 8.15. The minimum absolute atomic E-state index is 0.0341. The molecule has 1 saturated heterocycles. The van der Waals surface area contributed by atoms with E-state index in [4.69, 9.17) is 19.7 Å². The Labute approximate surface area is 206 Å². The first kappa shape index (κ1) is 26.8. The minimum atomic E-state index is -4.92. The lowest BCUT2D eigenvalue weighted by molar-refractivity contribution is -0.191. The zero-order chi connectivity index (χ0) is 26.1. The van der Waals surface area contributed by atoms with E-state index in [1.165, 1.54) is 36.2 Å². The summed E-state index contributed by atoms with van der Waals surface area (Å²) in [5, 5.41) is 3.55. The number of hydrogen-bond donors (Lipinski definition) is 0. The van der Waals surface area contributed by atoms with Crippen molar-refractivity contribution in [1.29, 1.82) is 0 Å². The number of benzene rings is 2. The number of para-hydroxylation sites is 1. The van der Waals surface area contributed by atoms with Crippen LogP contribution in [0.2, 0.25) is 0 Å². The van der Waals surface area contributed by atoms with Crippen LogP contribution < -0.4 is 0 Å². The highest BCUT2D eigenvalue weighted by Crippen LogP contribution is 2.30. The molecule has 192 valence electrons. The van der Waals surface area contributed by atoms with E-state index in [1.807, 2.05) is 30.3 Å². The van der Waals surface area contributed by atoms with E-state index in [0.29, 0.717) is 6.42 Å². The van der Waals surface area contributed by atoms with Gasteiger partial charge in [-0.05, 0) is 43.0 Å². The summed E-state index contributed by atoms with van der Waals surface area (Å²) in [5.41, 5.74) is 9.72. The smallest absolute Gasteiger partial charge is 0.445 e. The Morgan fingerprint density at radius 1 is 1.17 bits per heavy atom. The van der Waals surface area contributed by atoms with Crippen LogP contribution in [0.4, 0.5) is 23.7 Å². The molecule has 2 unspecified atom stereocenters. The molecule has 0 saturated carbocycles. The number of azide groups is 1. The second-order valence-corrected chi connectivity index (χ2v) is 8.15. The van der Waals surface area contributed by atoms with Gasteiger partial charge in [-0.3, -0.25) is 0 Å². The largest absolute Gasteiger partial charge is 0.468 e. The summed E-state index contributed by atoms with van der Waals surface area (Å²) < 4.78 is 57.4. The van der Waals surface area contributed by atoms with Crippen LogP contribution in [0.3, 0.4) is 0 Å². The first-order valence-electron chi connectivity index (χ1n) is 11.2. The van der Waals surface area contributed by atoms with Crippen molar-refractivity contribution < 1.29 is 32.2 Å². The summed E-state index contributed by atoms with van der Waals surface area (Å²) in [5.74, 6) is -1.53. The highest BCUT2D eigenvalue weighted by atomic mass is 19.4. The average molecular weight is 505 g/mol. The van der Waals surface area contributed by atoms with E-state index in [9.17, 15) is 18.0 Å². The third-order valence-corrected chi connectivity index (χ3v) is 5.67. The number of hydrogen-bond acceptors (Lipinski definition) is 6. The summed E-state index contributed by atoms with van der Waals surface area (Å²) >= 11 is 0. The van der Waals surface area contributed by atoms with Gasteiger partial charge < -0.3 is 19.1 Å². The van der Waals surface area contributed by atoms with E-state index in [1.54, 1.807) is 13.0 Å². The van der Waals surface area contributed by atoms with Crippen molar-refractivity contribution in [3.63, 3.8) is 0 Å². The Bertz CT molecular complexity index is 1080. The molecule has 0 spiro atoms. The number of ether oxygens (including phenoxy) is 3. The number of alkyl halides is 3. The standard InChI is InChI=1S/C24H26F3N5O4/c1-16(32(2)23(33)34-15-17-9-5-3-6-10-17)20-14-13-19(30-31-28)21(35-20)36-22(24(25,26)27)29-18-11-7-4-8-12-18/h3-12,16,19-21H,13-15H2,1-2H3/b29-22+/t16?,19-,20+,21?/m1/s1. The fourth-order valence-electron chi connectivity index (χ4n) is 3.56. The van der Waals surface area contributed by atoms with Crippen molar-refractivity contribution in [1.82, 2.24) is 4.90 Å². The van der Waals surface area contributed by atoms with Gasteiger partial charge in [0.25, 0.3) is 5.90 Å².